The van der Waals surface area contributed by atoms with Gasteiger partial charge in [0, 0.05) is 24.0 Å². The highest BCUT2D eigenvalue weighted by Crippen LogP contribution is 2.57. The van der Waals surface area contributed by atoms with E-state index in [1.165, 1.54) is 10.7 Å². The zero-order valence-electron chi connectivity index (χ0n) is 16.3. The first-order valence-corrected chi connectivity index (χ1v) is 10.3. The summed E-state index contributed by atoms with van der Waals surface area (Å²) in [6.45, 7) is 0. The van der Waals surface area contributed by atoms with Gasteiger partial charge in [0.1, 0.15) is 11.4 Å². The summed E-state index contributed by atoms with van der Waals surface area (Å²) in [5, 5.41) is 9.57. The molecule has 10 heteroatoms. The van der Waals surface area contributed by atoms with Gasteiger partial charge in [0.15, 0.2) is 11.5 Å². The number of amides is 2. The lowest BCUT2D eigenvalue weighted by molar-refractivity contribution is -0.125. The predicted molar refractivity (Wildman–Crippen MR) is 109 cm³/mol. The van der Waals surface area contributed by atoms with Crippen LogP contribution in [0.4, 0.5) is 14.5 Å². The van der Waals surface area contributed by atoms with E-state index in [1.54, 1.807) is 18.5 Å². The molecule has 0 radical (unpaired) electrons. The van der Waals surface area contributed by atoms with Gasteiger partial charge in [-0.3, -0.25) is 9.59 Å². The molecule has 2 N–H and O–H groups in total. The first-order valence-electron chi connectivity index (χ1n) is 9.88. The van der Waals surface area contributed by atoms with E-state index in [4.69, 9.17) is 11.6 Å². The van der Waals surface area contributed by atoms with Gasteiger partial charge in [-0.2, -0.15) is 5.10 Å². The molecule has 2 saturated carbocycles. The molecule has 160 valence electrons. The number of aromatic nitrogens is 3. The van der Waals surface area contributed by atoms with Gasteiger partial charge in [-0.25, -0.2) is 18.3 Å². The molecule has 0 spiro atoms. The summed E-state index contributed by atoms with van der Waals surface area (Å²) in [6.07, 6.45) is 7.54. The maximum atomic E-state index is 14.1. The lowest BCUT2D eigenvalue weighted by atomic mass is 9.83. The van der Waals surface area contributed by atoms with Crippen LogP contribution in [0.1, 0.15) is 42.5 Å². The molecule has 2 aliphatic carbocycles. The van der Waals surface area contributed by atoms with Gasteiger partial charge in [-0.15, -0.1) is 0 Å². The summed E-state index contributed by atoms with van der Waals surface area (Å²) in [5.41, 5.74) is -0.672. The molecule has 0 aliphatic heterocycles. The maximum Gasteiger partial charge on any atom is 0.257 e. The molecule has 1 aromatic carbocycles. The van der Waals surface area contributed by atoms with E-state index in [0.717, 1.165) is 6.07 Å². The molecule has 2 amide bonds. The Bertz CT molecular complexity index is 1200. The summed E-state index contributed by atoms with van der Waals surface area (Å²) in [5.74, 6) is -2.40. The summed E-state index contributed by atoms with van der Waals surface area (Å²) < 4.78 is 28.9. The molecule has 2 aromatic heterocycles. The Morgan fingerprint density at radius 3 is 2.68 bits per heavy atom. The third kappa shape index (κ3) is 3.23. The first kappa shape index (κ1) is 19.9. The van der Waals surface area contributed by atoms with E-state index in [0.29, 0.717) is 49.4 Å². The highest BCUT2D eigenvalue weighted by molar-refractivity contribution is 6.33. The standard InChI is InChI=1S/C21H18ClF2N5O2/c22-14-8-12(23)9-15(24)16(14)27-19(31)20-2-4-21(11-20,5-3-20)28-18(30)13-10-26-29-7-1-6-25-17(13)29/h1,6-10H,2-5,11H2,(H,27,31)(H,28,30). The first-order chi connectivity index (χ1) is 14.8. The van der Waals surface area contributed by atoms with Crippen LogP contribution >= 0.6 is 11.6 Å². The Morgan fingerprint density at radius 2 is 1.94 bits per heavy atom. The number of nitrogens with zero attached hydrogens (tertiary/aromatic N) is 3. The second kappa shape index (κ2) is 6.98. The number of rotatable bonds is 4. The van der Waals surface area contributed by atoms with E-state index >= 15 is 0 Å². The van der Waals surface area contributed by atoms with E-state index in [1.807, 2.05) is 0 Å². The fourth-order valence-corrected chi connectivity index (χ4v) is 5.13. The second-order valence-corrected chi connectivity index (χ2v) is 8.74. The van der Waals surface area contributed by atoms with Crippen LogP contribution in [0.3, 0.4) is 0 Å². The summed E-state index contributed by atoms with van der Waals surface area (Å²) in [6, 6.07) is 3.35. The fourth-order valence-electron chi connectivity index (χ4n) is 4.89. The average molecular weight is 446 g/mol. The third-order valence-corrected chi connectivity index (χ3v) is 6.77. The van der Waals surface area contributed by atoms with Gasteiger partial charge in [0.05, 0.1) is 22.3 Å². The number of fused-ring (bicyclic) bond motifs is 3. The minimum absolute atomic E-state index is 0.196. The number of hydrogen-bond acceptors (Lipinski definition) is 4. The number of benzene rings is 1. The van der Waals surface area contributed by atoms with Gasteiger partial charge in [-0.05, 0) is 44.2 Å². The number of nitrogens with one attached hydrogen (secondary N) is 2. The van der Waals surface area contributed by atoms with E-state index < -0.39 is 22.6 Å². The Morgan fingerprint density at radius 1 is 1.16 bits per heavy atom. The highest BCUT2D eigenvalue weighted by Gasteiger charge is 2.58. The smallest absolute Gasteiger partial charge is 0.257 e. The second-order valence-electron chi connectivity index (χ2n) is 8.34. The van der Waals surface area contributed by atoms with Crippen molar-refractivity contribution < 1.29 is 18.4 Å². The van der Waals surface area contributed by atoms with E-state index in [2.05, 4.69) is 20.7 Å². The van der Waals surface area contributed by atoms with Gasteiger partial charge in [0.25, 0.3) is 5.91 Å². The molecule has 5 rings (SSSR count). The van der Waals surface area contributed by atoms with Gasteiger partial charge in [0.2, 0.25) is 5.91 Å². The third-order valence-electron chi connectivity index (χ3n) is 6.47. The Labute approximate surface area is 180 Å². The molecule has 0 atom stereocenters. The van der Waals surface area contributed by atoms with Crippen molar-refractivity contribution in [1.82, 2.24) is 19.9 Å². The maximum absolute atomic E-state index is 14.1. The molecule has 2 aliphatic rings. The van der Waals surface area contributed by atoms with Crippen LogP contribution in [0.5, 0.6) is 0 Å². The van der Waals surface area contributed by atoms with Gasteiger partial charge >= 0.3 is 0 Å². The fraction of sp³-hybridized carbons (Fsp3) is 0.333. The molecular weight excluding hydrogens is 428 g/mol. The van der Waals surface area contributed by atoms with Crippen molar-refractivity contribution in [3.8, 4) is 0 Å². The van der Waals surface area contributed by atoms with Crippen molar-refractivity contribution in [2.45, 2.75) is 37.6 Å². The van der Waals surface area contributed by atoms with Crippen molar-refractivity contribution >= 4 is 34.7 Å². The zero-order chi connectivity index (χ0) is 21.8. The molecular formula is C21H18ClF2N5O2. The molecule has 2 heterocycles. The number of anilines is 1. The Balaban J connectivity index is 1.33. The van der Waals surface area contributed by atoms with Crippen molar-refractivity contribution in [1.29, 1.82) is 0 Å². The molecule has 7 nitrogen and oxygen atoms in total. The summed E-state index contributed by atoms with van der Waals surface area (Å²) >= 11 is 5.92. The molecule has 2 fully saturated rings. The highest BCUT2D eigenvalue weighted by atomic mass is 35.5. The molecule has 31 heavy (non-hydrogen) atoms. The predicted octanol–water partition coefficient (Wildman–Crippen LogP) is 3.73. The quantitative estimate of drug-likeness (QED) is 0.640. The Kier molecular flexibility index (Phi) is 4.47. The minimum Gasteiger partial charge on any atom is -0.346 e. The van der Waals surface area contributed by atoms with Crippen LogP contribution in [-0.2, 0) is 4.79 Å². The number of carbonyl (C=O) groups excluding carboxylic acids is 2. The van der Waals surface area contributed by atoms with Crippen LogP contribution in [0, 0.1) is 17.0 Å². The monoisotopic (exact) mass is 445 g/mol. The topological polar surface area (TPSA) is 88.4 Å². The molecule has 0 saturated heterocycles. The number of halogens is 3. The van der Waals surface area contributed by atoms with Crippen LogP contribution in [-0.4, -0.2) is 32.0 Å². The van der Waals surface area contributed by atoms with Crippen molar-refractivity contribution in [2.75, 3.05) is 5.32 Å². The van der Waals surface area contributed by atoms with Crippen molar-refractivity contribution in [3.63, 3.8) is 0 Å². The number of hydrogen-bond donors (Lipinski definition) is 2. The number of carbonyl (C=O) groups is 2. The lowest BCUT2D eigenvalue weighted by Crippen LogP contribution is -2.45. The lowest BCUT2D eigenvalue weighted by Gasteiger charge is -2.28. The van der Waals surface area contributed by atoms with Crippen LogP contribution in [0.2, 0.25) is 5.02 Å². The Hall–Kier alpha value is -3.07. The van der Waals surface area contributed by atoms with Crippen molar-refractivity contribution in [2.24, 2.45) is 5.41 Å². The molecule has 0 unspecified atom stereocenters. The van der Waals surface area contributed by atoms with Crippen LogP contribution < -0.4 is 10.6 Å². The molecule has 3 aromatic rings. The van der Waals surface area contributed by atoms with Crippen LogP contribution in [0.15, 0.2) is 36.8 Å². The van der Waals surface area contributed by atoms with Gasteiger partial charge in [-0.1, -0.05) is 11.6 Å². The van der Waals surface area contributed by atoms with Gasteiger partial charge < -0.3 is 10.6 Å². The zero-order valence-corrected chi connectivity index (χ0v) is 17.0. The molecule has 2 bridgehead atoms. The minimum atomic E-state index is -0.925. The average Bonchev–Trinajstić information content (AvgIpc) is 3.42. The van der Waals surface area contributed by atoms with Crippen molar-refractivity contribution in [3.05, 3.63) is 59.0 Å². The SMILES string of the molecule is O=C(NC12CCC(C(=O)Nc3c(F)cc(F)cc3Cl)(CC1)C2)c1cnn2cccnc12. The summed E-state index contributed by atoms with van der Waals surface area (Å²) in [4.78, 5) is 30.2. The van der Waals surface area contributed by atoms with Crippen LogP contribution in [0.25, 0.3) is 5.65 Å². The van der Waals surface area contributed by atoms with E-state index in [9.17, 15) is 18.4 Å². The largest absolute Gasteiger partial charge is 0.346 e. The normalized spacial score (nSPS) is 24.5. The summed E-state index contributed by atoms with van der Waals surface area (Å²) in [7, 11) is 0. The van der Waals surface area contributed by atoms with E-state index in [-0.39, 0.29) is 22.5 Å².